The van der Waals surface area contributed by atoms with Gasteiger partial charge in [0.05, 0.1) is 0 Å². The molecular formula is C22H29ClN2OS. The van der Waals surface area contributed by atoms with Crippen LogP contribution in [-0.2, 0) is 4.79 Å². The number of hydrogen-bond acceptors (Lipinski definition) is 3. The van der Waals surface area contributed by atoms with Crippen LogP contribution in [0.1, 0.15) is 34.8 Å². The van der Waals surface area contributed by atoms with Crippen LogP contribution in [0.5, 0.6) is 0 Å². The molecule has 0 spiro atoms. The minimum atomic E-state index is -0.228. The van der Waals surface area contributed by atoms with Crippen LogP contribution in [0.25, 0.3) is 0 Å². The number of halogens is 1. The van der Waals surface area contributed by atoms with E-state index in [-0.39, 0.29) is 23.6 Å². The summed E-state index contributed by atoms with van der Waals surface area (Å²) in [5.74, 6) is 0.641. The van der Waals surface area contributed by atoms with Gasteiger partial charge in [0.1, 0.15) is 5.25 Å². The standard InChI is InChI=1S/C22H28N2OS.ClH/c1-16-10-11-20(17(2)13-16)26-21(19-8-4-3-5-9-19)22(25)24-15-18-7-6-12-23-14-18;/h3-5,8-11,13,18,21,23H,6-7,12,14-15H2,1-2H3,(H,24,25);1H. The summed E-state index contributed by atoms with van der Waals surface area (Å²) in [6.07, 6.45) is 2.38. The number of thioether (sulfide) groups is 1. The summed E-state index contributed by atoms with van der Waals surface area (Å²) in [4.78, 5) is 14.2. The Kier molecular flexibility index (Phi) is 8.68. The van der Waals surface area contributed by atoms with Gasteiger partial charge in [0.15, 0.2) is 0 Å². The lowest BCUT2D eigenvalue weighted by Gasteiger charge is -2.24. The van der Waals surface area contributed by atoms with Gasteiger partial charge in [-0.25, -0.2) is 0 Å². The van der Waals surface area contributed by atoms with E-state index in [4.69, 9.17) is 0 Å². The molecule has 0 aliphatic carbocycles. The van der Waals surface area contributed by atoms with Crippen LogP contribution in [0, 0.1) is 19.8 Å². The molecule has 2 aromatic rings. The summed E-state index contributed by atoms with van der Waals surface area (Å²) in [7, 11) is 0. The summed E-state index contributed by atoms with van der Waals surface area (Å²) < 4.78 is 0. The Balaban J connectivity index is 0.00000261. The monoisotopic (exact) mass is 404 g/mol. The first-order valence-electron chi connectivity index (χ1n) is 9.41. The van der Waals surface area contributed by atoms with E-state index in [1.807, 2.05) is 30.3 Å². The second kappa shape index (κ2) is 10.7. The molecule has 0 saturated carbocycles. The number of rotatable bonds is 6. The maximum atomic E-state index is 13.0. The third-order valence-corrected chi connectivity index (χ3v) is 6.31. The van der Waals surface area contributed by atoms with Crippen LogP contribution in [0.15, 0.2) is 53.4 Å². The molecule has 1 fully saturated rings. The van der Waals surface area contributed by atoms with E-state index >= 15 is 0 Å². The predicted octanol–water partition coefficient (Wildman–Crippen LogP) is 4.67. The highest BCUT2D eigenvalue weighted by atomic mass is 35.5. The second-order valence-corrected chi connectivity index (χ2v) is 8.28. The summed E-state index contributed by atoms with van der Waals surface area (Å²) in [5, 5.41) is 6.39. The van der Waals surface area contributed by atoms with Crippen LogP contribution in [0.3, 0.4) is 0 Å². The Bertz CT molecular complexity index is 732. The van der Waals surface area contributed by atoms with Crippen molar-refractivity contribution < 1.29 is 4.79 Å². The zero-order valence-electron chi connectivity index (χ0n) is 16.0. The lowest BCUT2D eigenvalue weighted by Crippen LogP contribution is -2.39. The van der Waals surface area contributed by atoms with Crippen LogP contribution in [0.4, 0.5) is 0 Å². The smallest absolute Gasteiger partial charge is 0.238 e. The molecule has 2 unspecified atom stereocenters. The third-order valence-electron chi connectivity index (χ3n) is 4.88. The number of hydrogen-bond donors (Lipinski definition) is 2. The fraction of sp³-hybridized carbons (Fsp3) is 0.409. The van der Waals surface area contributed by atoms with Crippen molar-refractivity contribution in [3.8, 4) is 0 Å². The minimum absolute atomic E-state index is 0. The van der Waals surface area contributed by atoms with Gasteiger partial charge < -0.3 is 10.6 Å². The molecule has 146 valence electrons. The molecule has 1 saturated heterocycles. The van der Waals surface area contributed by atoms with Crippen molar-refractivity contribution >= 4 is 30.1 Å². The highest BCUT2D eigenvalue weighted by Gasteiger charge is 2.24. The lowest BCUT2D eigenvalue weighted by molar-refractivity contribution is -0.120. The molecular weight excluding hydrogens is 376 g/mol. The quantitative estimate of drug-likeness (QED) is 0.687. The van der Waals surface area contributed by atoms with Gasteiger partial charge in [-0.2, -0.15) is 0 Å². The van der Waals surface area contributed by atoms with Crippen LogP contribution >= 0.6 is 24.2 Å². The topological polar surface area (TPSA) is 41.1 Å². The first-order valence-corrected chi connectivity index (χ1v) is 10.3. The molecule has 2 aromatic carbocycles. The number of aryl methyl sites for hydroxylation is 2. The number of carbonyl (C=O) groups excluding carboxylic acids is 1. The van der Waals surface area contributed by atoms with Gasteiger partial charge in [-0.1, -0.05) is 48.0 Å². The van der Waals surface area contributed by atoms with Crippen molar-refractivity contribution in [2.24, 2.45) is 5.92 Å². The van der Waals surface area contributed by atoms with E-state index in [1.54, 1.807) is 11.8 Å². The maximum absolute atomic E-state index is 13.0. The van der Waals surface area contributed by atoms with Gasteiger partial charge >= 0.3 is 0 Å². The highest BCUT2D eigenvalue weighted by Crippen LogP contribution is 2.37. The van der Waals surface area contributed by atoms with Crippen molar-refractivity contribution in [3.63, 3.8) is 0 Å². The number of carbonyl (C=O) groups is 1. The Morgan fingerprint density at radius 1 is 1.22 bits per heavy atom. The number of amides is 1. The summed E-state index contributed by atoms with van der Waals surface area (Å²) in [5.41, 5.74) is 3.52. The molecule has 1 aliphatic heterocycles. The van der Waals surface area contributed by atoms with E-state index in [9.17, 15) is 4.79 Å². The molecule has 2 atom stereocenters. The maximum Gasteiger partial charge on any atom is 0.238 e. The zero-order chi connectivity index (χ0) is 18.4. The Labute approximate surface area is 173 Å². The summed E-state index contributed by atoms with van der Waals surface area (Å²) in [6, 6.07) is 16.5. The summed E-state index contributed by atoms with van der Waals surface area (Å²) in [6.45, 7) is 7.06. The minimum Gasteiger partial charge on any atom is -0.355 e. The van der Waals surface area contributed by atoms with Crippen LogP contribution in [0.2, 0.25) is 0 Å². The molecule has 1 heterocycles. The normalized spacial score (nSPS) is 17.6. The fourth-order valence-corrected chi connectivity index (χ4v) is 4.52. The highest BCUT2D eigenvalue weighted by molar-refractivity contribution is 8.00. The first kappa shape index (κ1) is 21.8. The van der Waals surface area contributed by atoms with E-state index in [0.29, 0.717) is 5.92 Å². The molecule has 2 N–H and O–H groups in total. The van der Waals surface area contributed by atoms with E-state index < -0.39 is 0 Å². The van der Waals surface area contributed by atoms with Crippen molar-refractivity contribution in [2.45, 2.75) is 36.8 Å². The van der Waals surface area contributed by atoms with Crippen molar-refractivity contribution in [1.29, 1.82) is 0 Å². The van der Waals surface area contributed by atoms with Gasteiger partial charge in [-0.15, -0.1) is 24.2 Å². The molecule has 3 rings (SSSR count). The third kappa shape index (κ3) is 6.27. The molecule has 0 bridgehead atoms. The first-order chi connectivity index (χ1) is 12.6. The second-order valence-electron chi connectivity index (χ2n) is 7.14. The van der Waals surface area contributed by atoms with Crippen LogP contribution in [-0.4, -0.2) is 25.5 Å². The number of nitrogens with one attached hydrogen (secondary N) is 2. The average Bonchev–Trinajstić information content (AvgIpc) is 2.67. The fourth-order valence-electron chi connectivity index (χ4n) is 3.40. The molecule has 1 amide bonds. The Hall–Kier alpha value is -1.49. The van der Waals surface area contributed by atoms with Crippen molar-refractivity contribution in [1.82, 2.24) is 10.6 Å². The molecule has 1 aliphatic rings. The molecule has 3 nitrogen and oxygen atoms in total. The number of benzene rings is 2. The SMILES string of the molecule is Cc1ccc(SC(C(=O)NCC2CCCNC2)c2ccccc2)c(C)c1.Cl. The molecule has 0 radical (unpaired) electrons. The summed E-state index contributed by atoms with van der Waals surface area (Å²) >= 11 is 1.64. The van der Waals surface area contributed by atoms with E-state index in [0.717, 1.165) is 25.2 Å². The van der Waals surface area contributed by atoms with Gasteiger partial charge in [0, 0.05) is 11.4 Å². The Morgan fingerprint density at radius 2 is 2.00 bits per heavy atom. The van der Waals surface area contributed by atoms with E-state index in [2.05, 4.69) is 42.7 Å². The lowest BCUT2D eigenvalue weighted by atomic mass is 9.99. The van der Waals surface area contributed by atoms with Gasteiger partial charge in [0.2, 0.25) is 5.91 Å². The molecule has 27 heavy (non-hydrogen) atoms. The van der Waals surface area contributed by atoms with Crippen molar-refractivity contribution in [2.75, 3.05) is 19.6 Å². The Morgan fingerprint density at radius 3 is 2.67 bits per heavy atom. The van der Waals surface area contributed by atoms with Gasteiger partial charge in [-0.3, -0.25) is 4.79 Å². The average molecular weight is 405 g/mol. The molecule has 5 heteroatoms. The number of piperidine rings is 1. The zero-order valence-corrected chi connectivity index (χ0v) is 17.7. The van der Waals surface area contributed by atoms with Gasteiger partial charge in [-0.05, 0) is 62.9 Å². The molecule has 0 aromatic heterocycles. The van der Waals surface area contributed by atoms with Crippen molar-refractivity contribution in [3.05, 3.63) is 65.2 Å². The van der Waals surface area contributed by atoms with Gasteiger partial charge in [0.25, 0.3) is 0 Å². The predicted molar refractivity (Wildman–Crippen MR) is 117 cm³/mol. The van der Waals surface area contributed by atoms with Crippen LogP contribution < -0.4 is 10.6 Å². The van der Waals surface area contributed by atoms with E-state index in [1.165, 1.54) is 28.9 Å². The largest absolute Gasteiger partial charge is 0.355 e.